The van der Waals surface area contributed by atoms with Crippen LogP contribution in [0.2, 0.25) is 0 Å². The first-order valence-corrected chi connectivity index (χ1v) is 5.37. The van der Waals surface area contributed by atoms with E-state index in [1.54, 1.807) is 0 Å². The molecule has 1 aliphatic rings. The minimum atomic E-state index is 0.449. The lowest BCUT2D eigenvalue weighted by Crippen LogP contribution is -2.30. The van der Waals surface area contributed by atoms with Gasteiger partial charge in [-0.2, -0.15) is 11.8 Å². The van der Waals surface area contributed by atoms with Gasteiger partial charge in [0, 0.05) is 11.8 Å². The van der Waals surface area contributed by atoms with Gasteiger partial charge in [0.05, 0.1) is 6.10 Å². The van der Waals surface area contributed by atoms with E-state index in [0.29, 0.717) is 18.2 Å². The first kappa shape index (κ1) is 8.79. The van der Waals surface area contributed by atoms with Crippen molar-refractivity contribution in [2.24, 2.45) is 0 Å². The molecule has 0 aromatic heterocycles. The standard InChI is InChI=1S/C6H14NOPS/c1-4-6(8-4)5(7-9)3-10-2/h4-7H,3,9H2,1-2H3/t4?,5-,6?/m0/s1. The summed E-state index contributed by atoms with van der Waals surface area (Å²) in [5, 5.41) is 3.17. The molecule has 1 fully saturated rings. The minimum Gasteiger partial charge on any atom is -0.368 e. The average Bonchev–Trinajstić information content (AvgIpc) is 2.62. The maximum Gasteiger partial charge on any atom is 0.100 e. The maximum absolute atomic E-state index is 5.33. The topological polar surface area (TPSA) is 24.6 Å². The Balaban J connectivity index is 2.20. The molecule has 0 spiro atoms. The average molecular weight is 179 g/mol. The number of epoxide rings is 1. The second-order valence-corrected chi connectivity index (χ2v) is 3.78. The maximum atomic E-state index is 5.33. The molecule has 0 radical (unpaired) electrons. The molecule has 60 valence electrons. The van der Waals surface area contributed by atoms with Crippen molar-refractivity contribution in [1.29, 1.82) is 0 Å². The molecule has 1 rings (SSSR count). The number of hydrogen-bond donors (Lipinski definition) is 1. The fraction of sp³-hybridized carbons (Fsp3) is 1.00. The summed E-state index contributed by atoms with van der Waals surface area (Å²) in [4.78, 5) is 0. The highest BCUT2D eigenvalue weighted by Gasteiger charge is 2.40. The quantitative estimate of drug-likeness (QED) is 0.512. The van der Waals surface area contributed by atoms with E-state index in [1.165, 1.54) is 0 Å². The Hall–Kier alpha value is 0.700. The summed E-state index contributed by atoms with van der Waals surface area (Å²) in [6.45, 7) is 2.11. The number of hydrogen-bond acceptors (Lipinski definition) is 3. The Morgan fingerprint density at radius 3 is 2.70 bits per heavy atom. The zero-order chi connectivity index (χ0) is 7.56. The third-order valence-electron chi connectivity index (χ3n) is 1.71. The summed E-state index contributed by atoms with van der Waals surface area (Å²) in [5.74, 6) is 1.12. The monoisotopic (exact) mass is 179 g/mol. The molecule has 1 N–H and O–H groups in total. The van der Waals surface area contributed by atoms with Crippen molar-refractivity contribution in [3.63, 3.8) is 0 Å². The van der Waals surface area contributed by atoms with Gasteiger partial charge in [0.15, 0.2) is 0 Å². The lowest BCUT2D eigenvalue weighted by molar-refractivity contribution is 0.356. The highest BCUT2D eigenvalue weighted by molar-refractivity contribution is 7.98. The van der Waals surface area contributed by atoms with Gasteiger partial charge in [0.1, 0.15) is 6.10 Å². The summed E-state index contributed by atoms with van der Waals surface area (Å²) < 4.78 is 5.33. The van der Waals surface area contributed by atoms with Crippen molar-refractivity contribution in [3.8, 4) is 0 Å². The van der Waals surface area contributed by atoms with Gasteiger partial charge in [-0.05, 0) is 13.2 Å². The second kappa shape index (κ2) is 3.91. The normalized spacial score (nSPS) is 33.9. The molecule has 4 atom stereocenters. The van der Waals surface area contributed by atoms with E-state index < -0.39 is 0 Å². The third-order valence-corrected chi connectivity index (χ3v) is 2.84. The van der Waals surface area contributed by atoms with Crippen LogP contribution in [0.15, 0.2) is 0 Å². The molecule has 1 aliphatic heterocycles. The minimum absolute atomic E-state index is 0.449. The molecule has 0 saturated carbocycles. The first-order chi connectivity index (χ1) is 4.79. The van der Waals surface area contributed by atoms with Crippen molar-refractivity contribution >= 4 is 21.2 Å². The Morgan fingerprint density at radius 2 is 2.40 bits per heavy atom. The lowest BCUT2D eigenvalue weighted by Gasteiger charge is -2.10. The van der Waals surface area contributed by atoms with E-state index in [1.807, 2.05) is 11.8 Å². The van der Waals surface area contributed by atoms with Crippen LogP contribution in [-0.2, 0) is 4.74 Å². The summed E-state index contributed by atoms with van der Waals surface area (Å²) in [5.41, 5.74) is 0. The molecular formula is C6H14NOPS. The van der Waals surface area contributed by atoms with Gasteiger partial charge in [0.25, 0.3) is 0 Å². The van der Waals surface area contributed by atoms with Gasteiger partial charge in [-0.25, -0.2) is 0 Å². The molecular weight excluding hydrogens is 165 g/mol. The number of rotatable bonds is 4. The third kappa shape index (κ3) is 2.09. The van der Waals surface area contributed by atoms with Crippen molar-refractivity contribution < 1.29 is 4.74 Å². The van der Waals surface area contributed by atoms with Crippen LogP contribution < -0.4 is 5.09 Å². The van der Waals surface area contributed by atoms with Crippen molar-refractivity contribution in [2.75, 3.05) is 12.0 Å². The van der Waals surface area contributed by atoms with Crippen LogP contribution in [0, 0.1) is 0 Å². The summed E-state index contributed by atoms with van der Waals surface area (Å²) in [7, 11) is 2.55. The zero-order valence-electron chi connectivity index (χ0n) is 6.33. The molecule has 0 aromatic rings. The van der Waals surface area contributed by atoms with Crippen LogP contribution >= 0.6 is 21.2 Å². The van der Waals surface area contributed by atoms with Gasteiger partial charge < -0.3 is 4.74 Å². The lowest BCUT2D eigenvalue weighted by atomic mass is 10.2. The molecule has 0 amide bonds. The van der Waals surface area contributed by atoms with Crippen molar-refractivity contribution in [2.45, 2.75) is 25.2 Å². The van der Waals surface area contributed by atoms with Gasteiger partial charge in [-0.15, -0.1) is 0 Å². The molecule has 3 unspecified atom stereocenters. The van der Waals surface area contributed by atoms with Crippen LogP contribution in [0.5, 0.6) is 0 Å². The van der Waals surface area contributed by atoms with Crippen LogP contribution in [-0.4, -0.2) is 30.3 Å². The largest absolute Gasteiger partial charge is 0.368 e. The number of thioether (sulfide) groups is 1. The molecule has 0 aromatic carbocycles. The van der Waals surface area contributed by atoms with Crippen molar-refractivity contribution in [1.82, 2.24) is 5.09 Å². The second-order valence-electron chi connectivity index (χ2n) is 2.53. The van der Waals surface area contributed by atoms with E-state index in [-0.39, 0.29) is 0 Å². The number of ether oxygens (including phenoxy) is 1. The summed E-state index contributed by atoms with van der Waals surface area (Å²) >= 11 is 1.85. The Kier molecular flexibility index (Phi) is 3.44. The van der Waals surface area contributed by atoms with Gasteiger partial charge >= 0.3 is 0 Å². The van der Waals surface area contributed by atoms with Crippen molar-refractivity contribution in [3.05, 3.63) is 0 Å². The van der Waals surface area contributed by atoms with Crippen LogP contribution in [0.1, 0.15) is 6.92 Å². The highest BCUT2D eigenvalue weighted by atomic mass is 32.2. The predicted octanol–water partition coefficient (Wildman–Crippen LogP) is 0.885. The first-order valence-electron chi connectivity index (χ1n) is 3.40. The van der Waals surface area contributed by atoms with Gasteiger partial charge in [-0.3, -0.25) is 5.09 Å². The molecule has 1 saturated heterocycles. The van der Waals surface area contributed by atoms with E-state index in [9.17, 15) is 0 Å². The Morgan fingerprint density at radius 1 is 1.80 bits per heavy atom. The summed E-state index contributed by atoms with van der Waals surface area (Å²) in [6, 6.07) is 0.509. The van der Waals surface area contributed by atoms with E-state index in [2.05, 4.69) is 27.7 Å². The molecule has 0 bridgehead atoms. The van der Waals surface area contributed by atoms with Gasteiger partial charge in [0.2, 0.25) is 0 Å². The fourth-order valence-electron chi connectivity index (χ4n) is 1.04. The van der Waals surface area contributed by atoms with Crippen LogP contribution in [0.3, 0.4) is 0 Å². The smallest absolute Gasteiger partial charge is 0.100 e. The van der Waals surface area contributed by atoms with E-state index >= 15 is 0 Å². The Labute approximate surface area is 68.7 Å². The van der Waals surface area contributed by atoms with Gasteiger partial charge in [-0.1, -0.05) is 9.39 Å². The molecule has 10 heavy (non-hydrogen) atoms. The Bertz CT molecular complexity index is 114. The van der Waals surface area contributed by atoms with E-state index in [4.69, 9.17) is 4.74 Å². The molecule has 1 heterocycles. The van der Waals surface area contributed by atoms with E-state index in [0.717, 1.165) is 5.75 Å². The predicted molar refractivity (Wildman–Crippen MR) is 49.4 cm³/mol. The SMILES string of the molecule is CSC[C@H](NP)C1OC1C. The zero-order valence-corrected chi connectivity index (χ0v) is 8.30. The molecule has 0 aliphatic carbocycles. The fourth-order valence-corrected chi connectivity index (χ4v) is 2.17. The van der Waals surface area contributed by atoms with Crippen LogP contribution in [0.25, 0.3) is 0 Å². The molecule has 4 heteroatoms. The van der Waals surface area contributed by atoms with Crippen LogP contribution in [0.4, 0.5) is 0 Å². The molecule has 2 nitrogen and oxygen atoms in total. The summed E-state index contributed by atoms with van der Waals surface area (Å²) in [6.07, 6.45) is 3.03. The highest BCUT2D eigenvalue weighted by Crippen LogP contribution is 2.26. The number of nitrogens with one attached hydrogen (secondary N) is 1.